The molecule has 54 heavy (non-hydrogen) atoms. The van der Waals surface area contributed by atoms with Crippen LogP contribution in [0.3, 0.4) is 0 Å². The summed E-state index contributed by atoms with van der Waals surface area (Å²) in [6.07, 6.45) is 2.00. The number of likely N-dealkylation sites (N-methyl/N-ethyl adjacent to an activating group) is 1. The first kappa shape index (κ1) is 40.9. The van der Waals surface area contributed by atoms with Gasteiger partial charge in [-0.05, 0) is 42.3 Å². The molecular formula is C36H40Cl2F2N7O6S+. The number of hydrogen-bond donors (Lipinski definition) is 2. The lowest BCUT2D eigenvalue weighted by molar-refractivity contribution is -0.870. The number of alkyl halides is 2. The summed E-state index contributed by atoms with van der Waals surface area (Å²) in [6, 6.07) is 10.3. The number of rotatable bonds is 13. The maximum atomic E-state index is 14.3. The Morgan fingerprint density at radius 2 is 1.80 bits per heavy atom. The number of nitrogens with zero attached hydrogens (tertiary/aromatic N) is 5. The summed E-state index contributed by atoms with van der Waals surface area (Å²) < 4.78 is 63.6. The van der Waals surface area contributed by atoms with Gasteiger partial charge >= 0.3 is 5.97 Å². The van der Waals surface area contributed by atoms with Gasteiger partial charge in [0.25, 0.3) is 11.8 Å². The molecule has 3 unspecified atom stereocenters. The van der Waals surface area contributed by atoms with Crippen LogP contribution in [0, 0.1) is 11.3 Å². The number of aromatic nitrogens is 1. The van der Waals surface area contributed by atoms with Crippen molar-refractivity contribution in [3.05, 3.63) is 87.7 Å². The summed E-state index contributed by atoms with van der Waals surface area (Å²) in [5.41, 5.74) is 1.06. The van der Waals surface area contributed by atoms with Crippen molar-refractivity contribution in [2.24, 2.45) is 0 Å². The molecule has 3 heterocycles. The lowest BCUT2D eigenvalue weighted by Gasteiger charge is -2.26. The number of carbonyl (C=O) groups excluding carboxylic acids is 3. The fourth-order valence-electron chi connectivity index (χ4n) is 6.25. The molecule has 2 aliphatic rings. The molecule has 0 bridgehead atoms. The number of ether oxygens (including phenoxy) is 1. The second-order valence-corrected chi connectivity index (χ2v) is 17.0. The van der Waals surface area contributed by atoms with E-state index in [-0.39, 0.29) is 58.6 Å². The van der Waals surface area contributed by atoms with Crippen LogP contribution in [0.1, 0.15) is 34.3 Å². The zero-order valence-corrected chi connectivity index (χ0v) is 32.1. The van der Waals surface area contributed by atoms with Gasteiger partial charge in [-0.2, -0.15) is 9.57 Å². The van der Waals surface area contributed by atoms with Crippen LogP contribution in [0.4, 0.5) is 14.5 Å². The number of halogens is 4. The molecule has 18 heteroatoms. The number of quaternary nitrogens is 1. The first-order valence-electron chi connectivity index (χ1n) is 17.0. The Labute approximate surface area is 322 Å². The van der Waals surface area contributed by atoms with E-state index in [1.165, 1.54) is 41.6 Å². The van der Waals surface area contributed by atoms with Crippen molar-refractivity contribution >= 4 is 56.7 Å². The van der Waals surface area contributed by atoms with Crippen LogP contribution in [-0.2, 0) is 30.8 Å². The van der Waals surface area contributed by atoms with Crippen LogP contribution < -0.4 is 10.6 Å². The standard InChI is InChI=1S/C36H39Cl2F2N7O6S/c1-47(2,3)13-14-53-35(50)30(16-23-7-9-25(10-8-23)43-34(49)32-28(37)19-42-20-29(32)38)44-33(48)31-17-26(45-12-11-36(39,40)22-45)21-46(31)54(51,52)27-6-4-5-24(15-27)18-41/h4-10,15,19-20,26,30-31H,11-14,16-17,21-22H2,1-3H3,(H-,43,44,48,49)/p+1. The number of esters is 1. The van der Waals surface area contributed by atoms with E-state index >= 15 is 0 Å². The van der Waals surface area contributed by atoms with Crippen LogP contribution in [0.5, 0.6) is 0 Å². The molecule has 3 aromatic rings. The summed E-state index contributed by atoms with van der Waals surface area (Å²) in [7, 11) is 1.34. The monoisotopic (exact) mass is 806 g/mol. The number of carbonyl (C=O) groups is 3. The van der Waals surface area contributed by atoms with Crippen LogP contribution in [0.15, 0.2) is 65.8 Å². The highest BCUT2D eigenvalue weighted by atomic mass is 35.5. The minimum atomic E-state index is -4.41. The minimum absolute atomic E-state index is 0.0180. The van der Waals surface area contributed by atoms with Crippen LogP contribution >= 0.6 is 23.2 Å². The summed E-state index contributed by atoms with van der Waals surface area (Å²) in [6.45, 7) is -0.321. The highest BCUT2D eigenvalue weighted by Gasteiger charge is 2.50. The van der Waals surface area contributed by atoms with Crippen LogP contribution in [-0.4, -0.2) is 123 Å². The molecular weight excluding hydrogens is 767 g/mol. The van der Waals surface area contributed by atoms with Gasteiger partial charge in [-0.15, -0.1) is 0 Å². The number of anilines is 1. The fraction of sp³-hybridized carbons (Fsp3) is 0.417. The molecule has 2 saturated heterocycles. The number of nitrogens with one attached hydrogen (secondary N) is 2. The average Bonchev–Trinajstić information content (AvgIpc) is 3.72. The van der Waals surface area contributed by atoms with Gasteiger partial charge in [0.1, 0.15) is 25.2 Å². The minimum Gasteiger partial charge on any atom is -0.458 e. The molecule has 1 aromatic heterocycles. The molecule has 0 radical (unpaired) electrons. The van der Waals surface area contributed by atoms with E-state index in [1.807, 2.05) is 27.2 Å². The van der Waals surface area contributed by atoms with E-state index in [0.717, 1.165) is 4.31 Å². The molecule has 13 nitrogen and oxygen atoms in total. The fourth-order valence-corrected chi connectivity index (χ4v) is 8.47. The summed E-state index contributed by atoms with van der Waals surface area (Å²) in [5.74, 6) is -5.10. The largest absolute Gasteiger partial charge is 0.458 e. The number of nitriles is 1. The summed E-state index contributed by atoms with van der Waals surface area (Å²) in [4.78, 5) is 45.6. The van der Waals surface area contributed by atoms with E-state index in [0.29, 0.717) is 22.3 Å². The number of hydrogen-bond acceptors (Lipinski definition) is 9. The zero-order valence-electron chi connectivity index (χ0n) is 29.8. The molecule has 2 aliphatic heterocycles. The zero-order chi connectivity index (χ0) is 39.4. The van der Waals surface area contributed by atoms with Gasteiger partial charge in [-0.25, -0.2) is 22.0 Å². The third kappa shape index (κ3) is 10.1. The molecule has 0 saturated carbocycles. The Morgan fingerprint density at radius 1 is 1.11 bits per heavy atom. The van der Waals surface area contributed by atoms with Crippen molar-refractivity contribution in [1.82, 2.24) is 19.5 Å². The van der Waals surface area contributed by atoms with Crippen molar-refractivity contribution in [3.63, 3.8) is 0 Å². The lowest BCUT2D eigenvalue weighted by atomic mass is 10.0. The summed E-state index contributed by atoms with van der Waals surface area (Å²) in [5, 5.41) is 14.9. The molecule has 2 amide bonds. The Morgan fingerprint density at radius 3 is 2.41 bits per heavy atom. The predicted molar refractivity (Wildman–Crippen MR) is 197 cm³/mol. The highest BCUT2D eigenvalue weighted by molar-refractivity contribution is 7.89. The average molecular weight is 808 g/mol. The molecule has 2 fully saturated rings. The number of amides is 2. The predicted octanol–water partition coefficient (Wildman–Crippen LogP) is 3.96. The highest BCUT2D eigenvalue weighted by Crippen LogP contribution is 2.35. The van der Waals surface area contributed by atoms with Gasteiger partial charge in [0.05, 0.1) is 59.8 Å². The molecule has 288 valence electrons. The van der Waals surface area contributed by atoms with Crippen molar-refractivity contribution < 1.29 is 40.8 Å². The van der Waals surface area contributed by atoms with E-state index in [4.69, 9.17) is 27.9 Å². The second kappa shape index (κ2) is 16.6. The second-order valence-electron chi connectivity index (χ2n) is 14.3. The van der Waals surface area contributed by atoms with Crippen molar-refractivity contribution in [2.75, 3.05) is 59.2 Å². The van der Waals surface area contributed by atoms with E-state index in [9.17, 15) is 36.8 Å². The van der Waals surface area contributed by atoms with Gasteiger partial charge < -0.3 is 19.9 Å². The lowest BCUT2D eigenvalue weighted by Crippen LogP contribution is -2.52. The molecule has 3 atom stereocenters. The van der Waals surface area contributed by atoms with Gasteiger partial charge in [0, 0.05) is 50.1 Å². The Kier molecular flexibility index (Phi) is 12.6. The molecule has 2 N–H and O–H groups in total. The summed E-state index contributed by atoms with van der Waals surface area (Å²) >= 11 is 12.2. The SMILES string of the molecule is C[N+](C)(C)CCOC(=O)C(Cc1ccc(NC(=O)c2c(Cl)cncc2Cl)cc1)NC(=O)C1CC(N2CCC(F)(F)C2)CN1S(=O)(=O)c1cccc(C#N)c1. The topological polar surface area (TPSA) is 162 Å². The number of likely N-dealkylation sites (tertiary alicyclic amines) is 1. The van der Waals surface area contributed by atoms with Gasteiger partial charge in [-0.3, -0.25) is 19.5 Å². The maximum absolute atomic E-state index is 14.3. The molecule has 2 aromatic carbocycles. The third-order valence-corrected chi connectivity index (χ3v) is 11.6. The quantitative estimate of drug-likeness (QED) is 0.193. The van der Waals surface area contributed by atoms with Gasteiger partial charge in [0.2, 0.25) is 15.9 Å². The number of pyridine rings is 1. The van der Waals surface area contributed by atoms with Gasteiger partial charge in [0.15, 0.2) is 0 Å². The molecule has 0 spiro atoms. The van der Waals surface area contributed by atoms with E-state index in [1.54, 1.807) is 24.3 Å². The first-order chi connectivity index (χ1) is 25.4. The molecule has 0 aliphatic carbocycles. The van der Waals surface area contributed by atoms with E-state index < -0.39 is 64.8 Å². The smallest absolute Gasteiger partial charge is 0.329 e. The first-order valence-corrected chi connectivity index (χ1v) is 19.2. The maximum Gasteiger partial charge on any atom is 0.329 e. The number of sulfonamides is 1. The van der Waals surface area contributed by atoms with E-state index in [2.05, 4.69) is 15.6 Å². The third-order valence-electron chi connectivity index (χ3n) is 9.16. The Balaban J connectivity index is 1.39. The number of benzene rings is 2. The van der Waals surface area contributed by atoms with Crippen LogP contribution in [0.2, 0.25) is 10.0 Å². The van der Waals surface area contributed by atoms with Crippen molar-refractivity contribution in [1.29, 1.82) is 5.26 Å². The van der Waals surface area contributed by atoms with Gasteiger partial charge in [-0.1, -0.05) is 41.4 Å². The van der Waals surface area contributed by atoms with Crippen molar-refractivity contribution in [3.8, 4) is 6.07 Å². The normalized spacial score (nSPS) is 19.5. The van der Waals surface area contributed by atoms with Crippen molar-refractivity contribution in [2.45, 2.75) is 48.2 Å². The Hall–Kier alpha value is -4.24. The Bertz CT molecular complexity index is 2020. The van der Waals surface area contributed by atoms with Crippen LogP contribution in [0.25, 0.3) is 0 Å². The molecule has 5 rings (SSSR count).